The quantitative estimate of drug-likeness (QED) is 0.228. The van der Waals surface area contributed by atoms with Crippen LogP contribution in [0.15, 0.2) is 52.8 Å². The van der Waals surface area contributed by atoms with Crippen LogP contribution in [-0.4, -0.2) is 75.0 Å². The van der Waals surface area contributed by atoms with Gasteiger partial charge in [-0.1, -0.05) is 17.4 Å². The van der Waals surface area contributed by atoms with E-state index in [2.05, 4.69) is 16.8 Å². The van der Waals surface area contributed by atoms with E-state index in [9.17, 15) is 18.8 Å². The highest BCUT2D eigenvalue weighted by Crippen LogP contribution is 2.35. The second-order valence-corrected chi connectivity index (χ2v) is 12.4. The molecular formula is C31H37FN6O6S. The number of rotatable bonds is 11. The highest BCUT2D eigenvalue weighted by molar-refractivity contribution is 7.21. The Morgan fingerprint density at radius 1 is 1.27 bits per heavy atom. The molecule has 0 bridgehead atoms. The Hall–Kier alpha value is -4.14. The van der Waals surface area contributed by atoms with Crippen molar-refractivity contribution >= 4 is 27.5 Å². The summed E-state index contributed by atoms with van der Waals surface area (Å²) in [6, 6.07) is 4.13. The third-order valence-corrected chi connectivity index (χ3v) is 9.31. The second kappa shape index (κ2) is 13.1. The SMILES string of the molecule is C=CCN(C)C(=O)C(C)(C)n1c(=O)c2c(C)c(-n3nccn3)sc2n(C[C@H](OC2CCOCC2)c2cc(F)ccc2OC)c1=O. The van der Waals surface area contributed by atoms with Crippen LogP contribution >= 0.6 is 11.3 Å². The fraction of sp³-hybridized carbons (Fsp3) is 0.452. The van der Waals surface area contributed by atoms with Gasteiger partial charge in [0.1, 0.15) is 33.0 Å². The zero-order valence-corrected chi connectivity index (χ0v) is 26.8. The van der Waals surface area contributed by atoms with Crippen LogP contribution in [0.2, 0.25) is 0 Å². The lowest BCUT2D eigenvalue weighted by Gasteiger charge is -2.32. The Labute approximate surface area is 263 Å². The molecule has 1 aliphatic heterocycles. The number of hydrogen-bond donors (Lipinski definition) is 0. The van der Waals surface area contributed by atoms with Crippen LogP contribution in [0.25, 0.3) is 15.2 Å². The second-order valence-electron chi connectivity index (χ2n) is 11.4. The highest BCUT2D eigenvalue weighted by atomic mass is 32.1. The number of aryl methyl sites for hydroxylation is 1. The number of benzene rings is 1. The lowest BCUT2D eigenvalue weighted by molar-refractivity contribution is -0.137. The molecule has 14 heteroatoms. The Balaban J connectivity index is 1.77. The van der Waals surface area contributed by atoms with E-state index in [1.807, 2.05) is 0 Å². The maximum atomic E-state index is 14.7. The van der Waals surface area contributed by atoms with Crippen molar-refractivity contribution in [2.24, 2.45) is 0 Å². The molecule has 1 atom stereocenters. The van der Waals surface area contributed by atoms with Crippen molar-refractivity contribution in [3.63, 3.8) is 0 Å². The number of halogens is 1. The molecule has 0 unspecified atom stereocenters. The first-order valence-corrected chi connectivity index (χ1v) is 15.4. The number of likely N-dealkylation sites (N-methyl/N-ethyl adjacent to an activating group) is 1. The minimum Gasteiger partial charge on any atom is -0.496 e. The number of carbonyl (C=O) groups excluding carboxylic acids is 1. The summed E-state index contributed by atoms with van der Waals surface area (Å²) in [6.45, 7) is 9.65. The van der Waals surface area contributed by atoms with Gasteiger partial charge >= 0.3 is 5.69 Å². The molecule has 12 nitrogen and oxygen atoms in total. The van der Waals surface area contributed by atoms with Crippen molar-refractivity contribution in [3.8, 4) is 10.8 Å². The number of carbonyl (C=O) groups is 1. The normalized spacial score (nSPS) is 14.9. The number of aromatic nitrogens is 5. The van der Waals surface area contributed by atoms with Crippen molar-refractivity contribution in [3.05, 3.63) is 81.0 Å². The molecular weight excluding hydrogens is 603 g/mol. The lowest BCUT2D eigenvalue weighted by atomic mass is 10.0. The van der Waals surface area contributed by atoms with Crippen molar-refractivity contribution in [2.75, 3.05) is 33.9 Å². The summed E-state index contributed by atoms with van der Waals surface area (Å²) < 4.78 is 34.8. The zero-order chi connectivity index (χ0) is 32.5. The van der Waals surface area contributed by atoms with Gasteiger partial charge in [0.15, 0.2) is 0 Å². The molecule has 45 heavy (non-hydrogen) atoms. The predicted molar refractivity (Wildman–Crippen MR) is 168 cm³/mol. The number of amides is 1. The summed E-state index contributed by atoms with van der Waals surface area (Å²) in [5, 5.41) is 9.26. The number of hydrogen-bond acceptors (Lipinski definition) is 9. The lowest BCUT2D eigenvalue weighted by Crippen LogP contribution is -2.56. The maximum absolute atomic E-state index is 14.7. The van der Waals surface area contributed by atoms with E-state index in [0.29, 0.717) is 52.8 Å². The maximum Gasteiger partial charge on any atom is 0.333 e. The molecule has 4 heterocycles. The molecule has 5 rings (SSSR count). The number of ether oxygens (including phenoxy) is 3. The van der Waals surface area contributed by atoms with Gasteiger partial charge in [0.05, 0.1) is 37.5 Å². The van der Waals surface area contributed by atoms with E-state index in [-0.39, 0.29) is 24.6 Å². The molecule has 1 fully saturated rings. The topological polar surface area (TPSA) is 123 Å². The van der Waals surface area contributed by atoms with Gasteiger partial charge in [-0.25, -0.2) is 13.8 Å². The Kier molecular flexibility index (Phi) is 9.37. The largest absolute Gasteiger partial charge is 0.496 e. The minimum atomic E-state index is -1.58. The first-order valence-electron chi connectivity index (χ1n) is 14.6. The number of thiophene rings is 1. The minimum absolute atomic E-state index is 0.106. The van der Waals surface area contributed by atoms with Crippen LogP contribution in [0.1, 0.15) is 43.9 Å². The smallest absolute Gasteiger partial charge is 0.333 e. The average Bonchev–Trinajstić information content (AvgIpc) is 3.67. The fourth-order valence-electron chi connectivity index (χ4n) is 5.72. The van der Waals surface area contributed by atoms with Gasteiger partial charge in [0.2, 0.25) is 5.91 Å². The summed E-state index contributed by atoms with van der Waals surface area (Å²) in [5.74, 6) is -0.558. The van der Waals surface area contributed by atoms with Gasteiger partial charge in [0, 0.05) is 37.9 Å². The molecule has 1 aromatic carbocycles. The van der Waals surface area contributed by atoms with Crippen LogP contribution in [0.4, 0.5) is 4.39 Å². The van der Waals surface area contributed by atoms with E-state index < -0.39 is 34.6 Å². The van der Waals surface area contributed by atoms with Gasteiger partial charge < -0.3 is 19.1 Å². The Morgan fingerprint density at radius 3 is 2.60 bits per heavy atom. The van der Waals surface area contributed by atoms with Gasteiger partial charge in [-0.05, 0) is 51.8 Å². The summed E-state index contributed by atoms with van der Waals surface area (Å²) in [6.07, 6.45) is 4.73. The summed E-state index contributed by atoms with van der Waals surface area (Å²) in [5.41, 5.74) is -1.95. The molecule has 0 radical (unpaired) electrons. The first-order chi connectivity index (χ1) is 21.5. The summed E-state index contributed by atoms with van der Waals surface area (Å²) in [7, 11) is 3.06. The molecule has 0 aliphatic carbocycles. The zero-order valence-electron chi connectivity index (χ0n) is 26.0. The van der Waals surface area contributed by atoms with E-state index in [1.54, 1.807) is 20.0 Å². The molecule has 3 aromatic heterocycles. The molecule has 0 spiro atoms. The standard InChI is InChI=1S/C31H37FN6O6S/c1-7-14-35(5)29(40)31(3,4)37-26(39)25-19(2)27(38-33-12-13-34-38)45-28(25)36(30(37)41)18-24(44-21-10-15-43-16-11-21)22-17-20(32)8-9-23(22)42-6/h7-9,12-13,17,21,24H,1,10-11,14-16,18H2,2-6H3/t24-/m0/s1. The van der Waals surface area contributed by atoms with Crippen LogP contribution in [0.3, 0.4) is 0 Å². The highest BCUT2D eigenvalue weighted by Gasteiger charge is 2.38. The number of fused-ring (bicyclic) bond motifs is 1. The number of nitrogens with zero attached hydrogens (tertiary/aromatic N) is 6. The van der Waals surface area contributed by atoms with E-state index in [1.165, 1.54) is 77.2 Å². The van der Waals surface area contributed by atoms with Crippen LogP contribution in [0, 0.1) is 12.7 Å². The molecule has 1 saturated heterocycles. The Bertz CT molecular complexity index is 1820. The van der Waals surface area contributed by atoms with Crippen LogP contribution in [-0.2, 0) is 26.4 Å². The van der Waals surface area contributed by atoms with Crippen LogP contribution in [0.5, 0.6) is 5.75 Å². The molecule has 240 valence electrons. The molecule has 0 N–H and O–H groups in total. The van der Waals surface area contributed by atoms with Gasteiger partial charge in [-0.3, -0.25) is 14.2 Å². The van der Waals surface area contributed by atoms with Crippen molar-refractivity contribution in [2.45, 2.75) is 57.9 Å². The van der Waals surface area contributed by atoms with E-state index in [4.69, 9.17) is 14.2 Å². The molecule has 1 amide bonds. The van der Waals surface area contributed by atoms with Crippen molar-refractivity contribution in [1.82, 2.24) is 29.0 Å². The molecule has 0 saturated carbocycles. The third kappa shape index (κ3) is 6.09. The van der Waals surface area contributed by atoms with E-state index >= 15 is 0 Å². The summed E-state index contributed by atoms with van der Waals surface area (Å²) >= 11 is 1.17. The van der Waals surface area contributed by atoms with E-state index in [0.717, 1.165) is 4.57 Å². The molecule has 4 aromatic rings. The van der Waals surface area contributed by atoms with Crippen molar-refractivity contribution < 1.29 is 23.4 Å². The molecule has 1 aliphatic rings. The van der Waals surface area contributed by atoms with Crippen LogP contribution < -0.4 is 16.0 Å². The monoisotopic (exact) mass is 640 g/mol. The average molecular weight is 641 g/mol. The van der Waals surface area contributed by atoms with Gasteiger partial charge in [-0.15, -0.1) is 11.4 Å². The third-order valence-electron chi connectivity index (χ3n) is 8.03. The fourth-order valence-corrected chi connectivity index (χ4v) is 6.94. The number of methoxy groups -OCH3 is 1. The van der Waals surface area contributed by atoms with Crippen molar-refractivity contribution in [1.29, 1.82) is 0 Å². The predicted octanol–water partition coefficient (Wildman–Crippen LogP) is 3.58. The summed E-state index contributed by atoms with van der Waals surface area (Å²) in [4.78, 5) is 45.6. The first kappa shape index (κ1) is 32.3. The Morgan fingerprint density at radius 2 is 1.96 bits per heavy atom. The van der Waals surface area contributed by atoms with Gasteiger partial charge in [0.25, 0.3) is 5.56 Å². The van der Waals surface area contributed by atoms with Gasteiger partial charge in [-0.2, -0.15) is 10.2 Å².